The Hall–Kier alpha value is -2.28. The summed E-state index contributed by atoms with van der Waals surface area (Å²) >= 11 is 1.29. The number of fused-ring (bicyclic) bond motifs is 3. The third-order valence-electron chi connectivity index (χ3n) is 6.38. The van der Waals surface area contributed by atoms with E-state index in [4.69, 9.17) is 4.42 Å². The third kappa shape index (κ3) is 3.32. The Kier molecular flexibility index (Phi) is 4.62. The van der Waals surface area contributed by atoms with Gasteiger partial charge in [0.15, 0.2) is 0 Å². The monoisotopic (exact) mass is 396 g/mol. The molecule has 1 aromatic carbocycles. The number of rotatable bonds is 6. The van der Waals surface area contributed by atoms with Crippen LogP contribution in [0.25, 0.3) is 22.4 Å². The number of aromatic amines is 1. The highest BCUT2D eigenvalue weighted by Gasteiger charge is 2.42. The van der Waals surface area contributed by atoms with E-state index in [0.29, 0.717) is 22.8 Å². The van der Waals surface area contributed by atoms with E-state index < -0.39 is 0 Å². The van der Waals surface area contributed by atoms with Crippen LogP contribution in [0.2, 0.25) is 0 Å². The van der Waals surface area contributed by atoms with Crippen LogP contribution in [-0.4, -0.2) is 32.9 Å². The first-order valence-corrected chi connectivity index (χ1v) is 11.0. The molecule has 28 heavy (non-hydrogen) atoms. The van der Waals surface area contributed by atoms with Gasteiger partial charge in [0.1, 0.15) is 0 Å². The van der Waals surface area contributed by atoms with Gasteiger partial charge in [0.05, 0.1) is 11.3 Å². The summed E-state index contributed by atoms with van der Waals surface area (Å²) in [6.07, 6.45) is 7.22. The first kappa shape index (κ1) is 17.8. The number of carbonyl (C=O) groups is 1. The fourth-order valence-corrected chi connectivity index (χ4v) is 5.64. The molecule has 2 aromatic heterocycles. The number of nitrogens with zero attached hydrogens (tertiary/aromatic N) is 2. The normalized spacial score (nSPS) is 24.7. The molecule has 4 atom stereocenters. The SMILES string of the molecule is C[C@H](NC(=O)CSc1nnc(-c2c[nH]c3ccccc23)o1)[C@@H]1C[C@H]2CC[C@H]1C2. The molecule has 2 fully saturated rings. The van der Waals surface area contributed by atoms with Gasteiger partial charge in [0.25, 0.3) is 11.1 Å². The number of H-pyrrole nitrogens is 1. The lowest BCUT2D eigenvalue weighted by Crippen LogP contribution is -2.40. The van der Waals surface area contributed by atoms with Crippen molar-refractivity contribution in [1.82, 2.24) is 20.5 Å². The van der Waals surface area contributed by atoms with Crippen LogP contribution in [0.3, 0.4) is 0 Å². The molecule has 3 aromatic rings. The standard InChI is InChI=1S/C21H24N4O2S/c1-12(16-9-13-6-7-14(16)8-13)23-19(26)11-28-21-25-24-20(27-21)17-10-22-18-5-3-2-4-15(17)18/h2-5,10,12-14,16,22H,6-9,11H2,1H3,(H,23,26)/t12-,13-,14-,16-/m0/s1. The van der Waals surface area contributed by atoms with Crippen LogP contribution in [0.15, 0.2) is 40.1 Å². The second-order valence-electron chi connectivity index (χ2n) is 8.10. The van der Waals surface area contributed by atoms with Crippen LogP contribution in [0.5, 0.6) is 0 Å². The lowest BCUT2D eigenvalue weighted by molar-refractivity contribution is -0.119. The summed E-state index contributed by atoms with van der Waals surface area (Å²) in [5, 5.41) is 12.9. The molecule has 0 saturated heterocycles. The molecule has 2 bridgehead atoms. The molecule has 6 nitrogen and oxygen atoms in total. The average molecular weight is 397 g/mol. The predicted molar refractivity (Wildman–Crippen MR) is 109 cm³/mol. The van der Waals surface area contributed by atoms with Crippen LogP contribution in [0.1, 0.15) is 32.6 Å². The summed E-state index contributed by atoms with van der Waals surface area (Å²) in [6, 6.07) is 8.23. The van der Waals surface area contributed by atoms with E-state index in [1.165, 1.54) is 37.4 Å². The molecule has 2 saturated carbocycles. The van der Waals surface area contributed by atoms with E-state index in [9.17, 15) is 4.79 Å². The van der Waals surface area contributed by atoms with E-state index in [2.05, 4.69) is 27.4 Å². The van der Waals surface area contributed by atoms with Crippen molar-refractivity contribution in [3.8, 4) is 11.5 Å². The number of carbonyl (C=O) groups excluding carboxylic acids is 1. The smallest absolute Gasteiger partial charge is 0.277 e. The molecule has 146 valence electrons. The Morgan fingerprint density at radius 1 is 1.32 bits per heavy atom. The van der Waals surface area contributed by atoms with E-state index in [1.807, 2.05) is 30.5 Å². The molecule has 7 heteroatoms. The maximum atomic E-state index is 12.4. The highest BCUT2D eigenvalue weighted by Crippen LogP contribution is 2.49. The molecule has 2 aliphatic rings. The van der Waals surface area contributed by atoms with Crippen LogP contribution in [0.4, 0.5) is 0 Å². The van der Waals surface area contributed by atoms with Crippen molar-refractivity contribution in [3.63, 3.8) is 0 Å². The van der Waals surface area contributed by atoms with Crippen molar-refractivity contribution in [2.24, 2.45) is 17.8 Å². The number of hydrogen-bond donors (Lipinski definition) is 2. The second-order valence-corrected chi connectivity index (χ2v) is 9.03. The summed E-state index contributed by atoms with van der Waals surface area (Å²) < 4.78 is 5.77. The summed E-state index contributed by atoms with van der Waals surface area (Å²) in [5.41, 5.74) is 1.91. The van der Waals surface area contributed by atoms with Gasteiger partial charge in [-0.05, 0) is 50.0 Å². The number of nitrogens with one attached hydrogen (secondary N) is 2. The minimum absolute atomic E-state index is 0.0344. The predicted octanol–water partition coefficient (Wildman–Crippen LogP) is 4.25. The van der Waals surface area contributed by atoms with Crippen LogP contribution in [-0.2, 0) is 4.79 Å². The van der Waals surface area contributed by atoms with Crippen LogP contribution >= 0.6 is 11.8 Å². The van der Waals surface area contributed by atoms with Gasteiger partial charge in [-0.15, -0.1) is 10.2 Å². The first-order chi connectivity index (χ1) is 13.7. The zero-order valence-corrected chi connectivity index (χ0v) is 16.7. The molecular weight excluding hydrogens is 372 g/mol. The van der Waals surface area contributed by atoms with E-state index in [-0.39, 0.29) is 11.9 Å². The zero-order chi connectivity index (χ0) is 19.1. The maximum absolute atomic E-state index is 12.4. The summed E-state index contributed by atoms with van der Waals surface area (Å²) in [4.78, 5) is 15.6. The van der Waals surface area contributed by atoms with Crippen molar-refractivity contribution >= 4 is 28.6 Å². The fourth-order valence-electron chi connectivity index (χ4n) is 5.06. The highest BCUT2D eigenvalue weighted by atomic mass is 32.2. The van der Waals surface area contributed by atoms with Gasteiger partial charge in [-0.1, -0.05) is 36.4 Å². The Morgan fingerprint density at radius 2 is 2.21 bits per heavy atom. The number of aromatic nitrogens is 3. The summed E-state index contributed by atoms with van der Waals surface area (Å²) in [5.74, 6) is 3.14. The van der Waals surface area contributed by atoms with Crippen molar-refractivity contribution in [2.75, 3.05) is 5.75 Å². The Balaban J connectivity index is 1.18. The van der Waals surface area contributed by atoms with Gasteiger partial charge >= 0.3 is 0 Å². The van der Waals surface area contributed by atoms with Gasteiger partial charge in [0, 0.05) is 23.1 Å². The van der Waals surface area contributed by atoms with E-state index in [0.717, 1.165) is 28.3 Å². The molecule has 5 rings (SSSR count). The summed E-state index contributed by atoms with van der Waals surface area (Å²) in [7, 11) is 0. The number of benzene rings is 1. The van der Waals surface area contributed by atoms with Gasteiger partial charge < -0.3 is 14.7 Å². The summed E-state index contributed by atoms with van der Waals surface area (Å²) in [6.45, 7) is 2.15. The molecule has 0 aliphatic heterocycles. The van der Waals surface area contributed by atoms with Gasteiger partial charge in [-0.2, -0.15) is 0 Å². The zero-order valence-electron chi connectivity index (χ0n) is 15.9. The number of amides is 1. The molecule has 2 heterocycles. The van der Waals surface area contributed by atoms with Gasteiger partial charge in [-0.3, -0.25) is 4.79 Å². The van der Waals surface area contributed by atoms with E-state index in [1.54, 1.807) is 0 Å². The third-order valence-corrected chi connectivity index (χ3v) is 7.19. The lowest BCUT2D eigenvalue weighted by atomic mass is 9.84. The highest BCUT2D eigenvalue weighted by molar-refractivity contribution is 7.99. The minimum Gasteiger partial charge on any atom is -0.411 e. The first-order valence-electron chi connectivity index (χ1n) is 9.99. The number of thioether (sulfide) groups is 1. The Labute approximate surface area is 167 Å². The minimum atomic E-state index is 0.0344. The van der Waals surface area contributed by atoms with Gasteiger partial charge in [-0.25, -0.2) is 0 Å². The average Bonchev–Trinajstić information content (AvgIpc) is 3.49. The maximum Gasteiger partial charge on any atom is 0.277 e. The molecule has 0 unspecified atom stereocenters. The van der Waals surface area contributed by atoms with Crippen molar-refractivity contribution in [2.45, 2.75) is 43.9 Å². The number of para-hydroxylation sites is 1. The van der Waals surface area contributed by atoms with Gasteiger partial charge in [0.2, 0.25) is 5.91 Å². The molecule has 0 radical (unpaired) electrons. The quantitative estimate of drug-likeness (QED) is 0.609. The number of hydrogen-bond acceptors (Lipinski definition) is 5. The fraction of sp³-hybridized carbons (Fsp3) is 0.476. The van der Waals surface area contributed by atoms with E-state index >= 15 is 0 Å². The molecule has 2 aliphatic carbocycles. The molecule has 0 spiro atoms. The molecule has 1 amide bonds. The van der Waals surface area contributed by atoms with Crippen LogP contribution in [0, 0.1) is 17.8 Å². The topological polar surface area (TPSA) is 83.8 Å². The Morgan fingerprint density at radius 3 is 3.04 bits per heavy atom. The largest absolute Gasteiger partial charge is 0.411 e. The van der Waals surface area contributed by atoms with Crippen LogP contribution < -0.4 is 5.32 Å². The Bertz CT molecular complexity index is 997. The van der Waals surface area contributed by atoms with Crippen molar-refractivity contribution in [3.05, 3.63) is 30.5 Å². The molecule has 2 N–H and O–H groups in total. The second kappa shape index (κ2) is 7.28. The van der Waals surface area contributed by atoms with Crippen molar-refractivity contribution in [1.29, 1.82) is 0 Å². The van der Waals surface area contributed by atoms with Crippen molar-refractivity contribution < 1.29 is 9.21 Å². The molecular formula is C21H24N4O2S. The lowest BCUT2D eigenvalue weighted by Gasteiger charge is -2.28.